The van der Waals surface area contributed by atoms with Gasteiger partial charge in [0, 0.05) is 17.3 Å². The summed E-state index contributed by atoms with van der Waals surface area (Å²) in [5, 5.41) is 3.11. The summed E-state index contributed by atoms with van der Waals surface area (Å²) in [4.78, 5) is 27.3. The highest BCUT2D eigenvalue weighted by Crippen LogP contribution is 2.35. The molecule has 1 N–H and O–H groups in total. The quantitative estimate of drug-likeness (QED) is 0.608. The standard InChI is InChI=1S/C21H21BrN2O5/c1-27-10-9-24-20(25)18(13-7-8-16(28-2)17(11-13)29-3)19(21(24)26)23-15-6-4-5-14(22)12-15/h4-8,11-12,23H,9-10H2,1-3H3. The summed E-state index contributed by atoms with van der Waals surface area (Å²) in [7, 11) is 4.57. The Hall–Kier alpha value is -2.84. The molecule has 0 radical (unpaired) electrons. The molecule has 1 aliphatic rings. The van der Waals surface area contributed by atoms with E-state index >= 15 is 0 Å². The molecule has 8 heteroatoms. The fourth-order valence-corrected chi connectivity index (χ4v) is 3.45. The first-order valence-corrected chi connectivity index (χ1v) is 9.63. The Bertz CT molecular complexity index is 973. The number of anilines is 1. The number of hydrogen-bond donors (Lipinski definition) is 1. The van der Waals surface area contributed by atoms with Gasteiger partial charge < -0.3 is 19.5 Å². The third kappa shape index (κ3) is 4.28. The molecule has 3 rings (SSSR count). The molecule has 152 valence electrons. The van der Waals surface area contributed by atoms with Gasteiger partial charge in [0.1, 0.15) is 5.70 Å². The van der Waals surface area contributed by atoms with Gasteiger partial charge >= 0.3 is 0 Å². The summed E-state index contributed by atoms with van der Waals surface area (Å²) < 4.78 is 16.5. The van der Waals surface area contributed by atoms with E-state index in [1.165, 1.54) is 26.2 Å². The van der Waals surface area contributed by atoms with Crippen molar-refractivity contribution in [2.45, 2.75) is 0 Å². The number of benzene rings is 2. The van der Waals surface area contributed by atoms with E-state index in [0.29, 0.717) is 22.7 Å². The number of halogens is 1. The molecule has 29 heavy (non-hydrogen) atoms. The van der Waals surface area contributed by atoms with Crippen LogP contribution in [-0.2, 0) is 14.3 Å². The van der Waals surface area contributed by atoms with Gasteiger partial charge in [-0.3, -0.25) is 14.5 Å². The average molecular weight is 461 g/mol. The zero-order valence-corrected chi connectivity index (χ0v) is 17.9. The van der Waals surface area contributed by atoms with Crippen molar-refractivity contribution < 1.29 is 23.8 Å². The van der Waals surface area contributed by atoms with Crippen LogP contribution in [0.2, 0.25) is 0 Å². The van der Waals surface area contributed by atoms with E-state index in [1.54, 1.807) is 18.2 Å². The number of nitrogens with zero attached hydrogens (tertiary/aromatic N) is 1. The third-order valence-corrected chi connectivity index (χ3v) is 4.95. The van der Waals surface area contributed by atoms with Crippen LogP contribution in [0.4, 0.5) is 5.69 Å². The largest absolute Gasteiger partial charge is 0.493 e. The number of imide groups is 1. The van der Waals surface area contributed by atoms with Crippen LogP contribution in [0.1, 0.15) is 5.56 Å². The Kier molecular flexibility index (Phi) is 6.56. The zero-order chi connectivity index (χ0) is 21.0. The number of carbonyl (C=O) groups is 2. The SMILES string of the molecule is COCCN1C(=O)C(Nc2cccc(Br)c2)=C(c2ccc(OC)c(OC)c2)C1=O. The van der Waals surface area contributed by atoms with Crippen LogP contribution >= 0.6 is 15.9 Å². The number of methoxy groups -OCH3 is 3. The molecule has 0 aromatic heterocycles. The maximum atomic E-state index is 13.1. The molecular weight excluding hydrogens is 440 g/mol. The molecule has 7 nitrogen and oxygen atoms in total. The Morgan fingerprint density at radius 3 is 2.38 bits per heavy atom. The smallest absolute Gasteiger partial charge is 0.278 e. The molecule has 0 atom stereocenters. The van der Waals surface area contributed by atoms with Gasteiger partial charge in [0.15, 0.2) is 11.5 Å². The van der Waals surface area contributed by atoms with Crippen molar-refractivity contribution in [1.82, 2.24) is 4.90 Å². The number of amides is 2. The predicted molar refractivity (Wildman–Crippen MR) is 113 cm³/mol. The van der Waals surface area contributed by atoms with Gasteiger partial charge in [0.2, 0.25) is 0 Å². The van der Waals surface area contributed by atoms with Gasteiger partial charge in [-0.05, 0) is 35.9 Å². The minimum absolute atomic E-state index is 0.161. The molecule has 0 fully saturated rings. The predicted octanol–water partition coefficient (Wildman–Crippen LogP) is 3.30. The summed E-state index contributed by atoms with van der Waals surface area (Å²) in [6.45, 7) is 0.412. The fraction of sp³-hybridized carbons (Fsp3) is 0.238. The summed E-state index contributed by atoms with van der Waals surface area (Å²) >= 11 is 3.41. The van der Waals surface area contributed by atoms with Crippen molar-refractivity contribution in [3.05, 3.63) is 58.2 Å². The Morgan fingerprint density at radius 1 is 0.966 bits per heavy atom. The van der Waals surface area contributed by atoms with E-state index in [2.05, 4.69) is 21.2 Å². The molecule has 1 heterocycles. The van der Waals surface area contributed by atoms with Crippen molar-refractivity contribution in [3.8, 4) is 11.5 Å². The highest BCUT2D eigenvalue weighted by Gasteiger charge is 2.39. The molecule has 1 aliphatic heterocycles. The highest BCUT2D eigenvalue weighted by molar-refractivity contribution is 9.10. The van der Waals surface area contributed by atoms with Crippen LogP contribution in [-0.4, -0.2) is 51.2 Å². The van der Waals surface area contributed by atoms with Crippen molar-refractivity contribution >= 4 is 39.0 Å². The molecule has 0 unspecified atom stereocenters. The second-order valence-electron chi connectivity index (χ2n) is 6.21. The number of nitrogens with one attached hydrogen (secondary N) is 1. The first-order chi connectivity index (χ1) is 14.0. The summed E-state index contributed by atoms with van der Waals surface area (Å²) in [6, 6.07) is 12.5. The van der Waals surface area contributed by atoms with Gasteiger partial charge in [-0.25, -0.2) is 0 Å². The first kappa shape index (κ1) is 20.9. The van der Waals surface area contributed by atoms with Crippen LogP contribution < -0.4 is 14.8 Å². The van der Waals surface area contributed by atoms with Crippen LogP contribution in [0.5, 0.6) is 11.5 Å². The zero-order valence-electron chi connectivity index (χ0n) is 16.3. The summed E-state index contributed by atoms with van der Waals surface area (Å²) in [6.07, 6.45) is 0. The van der Waals surface area contributed by atoms with Crippen LogP contribution in [0.15, 0.2) is 52.6 Å². The molecule has 0 spiro atoms. The maximum absolute atomic E-state index is 13.1. The summed E-state index contributed by atoms with van der Waals surface area (Å²) in [5.41, 5.74) is 1.71. The number of hydrogen-bond acceptors (Lipinski definition) is 6. The van der Waals surface area contributed by atoms with Crippen molar-refractivity contribution in [2.24, 2.45) is 0 Å². The number of rotatable bonds is 8. The van der Waals surface area contributed by atoms with E-state index < -0.39 is 11.8 Å². The molecule has 2 aromatic rings. The monoisotopic (exact) mass is 460 g/mol. The van der Waals surface area contributed by atoms with Crippen molar-refractivity contribution in [2.75, 3.05) is 39.8 Å². The molecule has 2 aromatic carbocycles. The minimum Gasteiger partial charge on any atom is -0.493 e. The fourth-order valence-electron chi connectivity index (χ4n) is 3.05. The van der Waals surface area contributed by atoms with Gasteiger partial charge in [-0.2, -0.15) is 0 Å². The minimum atomic E-state index is -0.406. The second-order valence-corrected chi connectivity index (χ2v) is 7.13. The van der Waals surface area contributed by atoms with E-state index in [0.717, 1.165) is 4.47 Å². The summed E-state index contributed by atoms with van der Waals surface area (Å²) in [5.74, 6) is 0.204. The maximum Gasteiger partial charge on any atom is 0.278 e. The topological polar surface area (TPSA) is 77.1 Å². The molecule has 0 bridgehead atoms. The van der Waals surface area contributed by atoms with Crippen molar-refractivity contribution in [3.63, 3.8) is 0 Å². The lowest BCUT2D eigenvalue weighted by atomic mass is 10.0. The average Bonchev–Trinajstić information content (AvgIpc) is 2.95. The first-order valence-electron chi connectivity index (χ1n) is 8.84. The lowest BCUT2D eigenvalue weighted by molar-refractivity contribution is -0.137. The molecule has 0 aliphatic carbocycles. The molecule has 0 saturated carbocycles. The third-order valence-electron chi connectivity index (χ3n) is 4.45. The Morgan fingerprint density at radius 2 is 1.72 bits per heavy atom. The van der Waals surface area contributed by atoms with Gasteiger partial charge in [-0.15, -0.1) is 0 Å². The number of carbonyl (C=O) groups excluding carboxylic acids is 2. The van der Waals surface area contributed by atoms with E-state index in [4.69, 9.17) is 14.2 Å². The van der Waals surface area contributed by atoms with Crippen LogP contribution in [0.3, 0.4) is 0 Å². The van der Waals surface area contributed by atoms with Crippen molar-refractivity contribution in [1.29, 1.82) is 0 Å². The Balaban J connectivity index is 2.09. The Labute approximate surface area is 177 Å². The highest BCUT2D eigenvalue weighted by atomic mass is 79.9. The lowest BCUT2D eigenvalue weighted by Crippen LogP contribution is -2.35. The van der Waals surface area contributed by atoms with Gasteiger partial charge in [0.05, 0.1) is 32.9 Å². The van der Waals surface area contributed by atoms with Crippen LogP contribution in [0.25, 0.3) is 5.57 Å². The van der Waals surface area contributed by atoms with Gasteiger partial charge in [0.25, 0.3) is 11.8 Å². The van der Waals surface area contributed by atoms with E-state index in [-0.39, 0.29) is 24.4 Å². The number of ether oxygens (including phenoxy) is 3. The van der Waals surface area contributed by atoms with Gasteiger partial charge in [-0.1, -0.05) is 28.1 Å². The second kappa shape index (κ2) is 9.11. The van der Waals surface area contributed by atoms with E-state index in [1.807, 2.05) is 24.3 Å². The lowest BCUT2D eigenvalue weighted by Gasteiger charge is -2.14. The molecular formula is C21H21BrN2O5. The normalized spacial score (nSPS) is 13.9. The molecule has 2 amide bonds. The van der Waals surface area contributed by atoms with E-state index in [9.17, 15) is 9.59 Å². The molecule has 0 saturated heterocycles. The van der Waals surface area contributed by atoms with Crippen LogP contribution in [0, 0.1) is 0 Å².